The molecule has 46 heavy (non-hydrogen) atoms. The first-order chi connectivity index (χ1) is 22.0. The second-order valence-electron chi connectivity index (χ2n) is 16.7. The monoisotopic (exact) mass is 642 g/mol. The summed E-state index contributed by atoms with van der Waals surface area (Å²) in [5, 5.41) is 22.7. The second kappa shape index (κ2) is 17.0. The summed E-state index contributed by atoms with van der Waals surface area (Å²) < 4.78 is 0. The normalized spacial score (nSPS) is 36.2. The molecule has 0 spiro atoms. The Hall–Kier alpha value is -1.17. The molecule has 264 valence electrons. The number of terminal acetylenes is 1. The van der Waals surface area contributed by atoms with E-state index in [9.17, 15) is 9.90 Å². The number of fused-ring (bicyclic) bond motifs is 5. The molecule has 4 rings (SSSR count). The van der Waals surface area contributed by atoms with Crippen molar-refractivity contribution in [3.05, 3.63) is 0 Å². The highest BCUT2D eigenvalue weighted by Gasteiger charge is 2.63. The second-order valence-corrected chi connectivity index (χ2v) is 16.7. The molecule has 0 aromatic carbocycles. The number of amides is 1. The first kappa shape index (κ1) is 37.6. The van der Waals surface area contributed by atoms with Crippen molar-refractivity contribution in [3.63, 3.8) is 0 Å². The van der Waals surface area contributed by atoms with Gasteiger partial charge in [0.2, 0.25) is 5.91 Å². The van der Waals surface area contributed by atoms with E-state index in [1.807, 2.05) is 4.90 Å². The van der Waals surface area contributed by atoms with Crippen molar-refractivity contribution in [2.24, 2.45) is 52.1 Å². The van der Waals surface area contributed by atoms with Gasteiger partial charge in [0, 0.05) is 43.6 Å². The van der Waals surface area contributed by atoms with E-state index in [0.29, 0.717) is 47.5 Å². The van der Waals surface area contributed by atoms with Crippen molar-refractivity contribution in [2.75, 3.05) is 39.3 Å². The molecular weight excluding hydrogens is 570 g/mol. The minimum atomic E-state index is -0.204. The van der Waals surface area contributed by atoms with Crippen LogP contribution in [0, 0.1) is 58.7 Å². The number of nitrogens with zero attached hydrogens (tertiary/aromatic N) is 1. The molecule has 4 saturated carbocycles. The SMILES string of the molecule is C#C[C@H](CCC(=O)N(C(C)C)C(C)C)[C@H]1CCC2C3C(CC[C@@]21C)[C@@]1(C)CC[C@H](NCCCNCCNCCCN)CC1C[C@H]3O. The summed E-state index contributed by atoms with van der Waals surface area (Å²) in [6.07, 6.45) is 19.0. The lowest BCUT2D eigenvalue weighted by atomic mass is 9.43. The van der Waals surface area contributed by atoms with Crippen molar-refractivity contribution in [2.45, 2.75) is 143 Å². The average Bonchev–Trinajstić information content (AvgIpc) is 3.35. The van der Waals surface area contributed by atoms with E-state index in [2.05, 4.69) is 63.4 Å². The molecule has 4 aliphatic rings. The number of carbonyl (C=O) groups is 1. The molecule has 0 heterocycles. The smallest absolute Gasteiger partial charge is 0.223 e. The fraction of sp³-hybridized carbons (Fsp3) is 0.923. The average molecular weight is 642 g/mol. The molecule has 0 aromatic rings. The van der Waals surface area contributed by atoms with Crippen LogP contribution in [0.2, 0.25) is 0 Å². The molecule has 0 saturated heterocycles. The molecule has 4 aliphatic carbocycles. The lowest BCUT2D eigenvalue weighted by Crippen LogP contribution is -2.59. The van der Waals surface area contributed by atoms with Gasteiger partial charge in [-0.15, -0.1) is 12.3 Å². The summed E-state index contributed by atoms with van der Waals surface area (Å²) in [5.41, 5.74) is 6.04. The van der Waals surface area contributed by atoms with E-state index in [1.54, 1.807) is 0 Å². The van der Waals surface area contributed by atoms with E-state index in [4.69, 9.17) is 12.2 Å². The quantitative estimate of drug-likeness (QED) is 0.111. The van der Waals surface area contributed by atoms with Gasteiger partial charge in [0.15, 0.2) is 0 Å². The minimum Gasteiger partial charge on any atom is -0.393 e. The van der Waals surface area contributed by atoms with Crippen molar-refractivity contribution in [1.82, 2.24) is 20.9 Å². The molecule has 4 unspecified atom stereocenters. The summed E-state index contributed by atoms with van der Waals surface area (Å²) in [6, 6.07) is 0.985. The van der Waals surface area contributed by atoms with Crippen LogP contribution in [0.25, 0.3) is 0 Å². The zero-order chi connectivity index (χ0) is 33.5. The predicted octanol–water partition coefficient (Wildman–Crippen LogP) is 5.17. The number of carbonyl (C=O) groups excluding carboxylic acids is 1. The largest absolute Gasteiger partial charge is 0.393 e. The van der Waals surface area contributed by atoms with E-state index in [1.165, 1.54) is 38.5 Å². The number of aliphatic hydroxyl groups excluding tert-OH is 1. The van der Waals surface area contributed by atoms with Crippen LogP contribution in [0.3, 0.4) is 0 Å². The molecule has 6 N–H and O–H groups in total. The standard InChI is InChI=1S/C39H71N5O2/c1-8-29(11-14-36(46)44(27(2)3)28(4)5)32-12-13-33-37-34(16-18-39(32,33)7)38(6)17-15-31(25-30(38)26-35(37)45)43-22-10-21-42-24-23-41-20-9-19-40/h1,27-35,37,41-43,45H,9-26,40H2,2-7H3/t29-,30?,31+,32-,33?,34?,35-,37?,38+,39-/m1/s1. The molecule has 7 heteroatoms. The number of rotatable bonds is 17. The van der Waals surface area contributed by atoms with Crippen LogP contribution >= 0.6 is 0 Å². The molecule has 0 aliphatic heterocycles. The van der Waals surface area contributed by atoms with E-state index < -0.39 is 0 Å². The lowest BCUT2D eigenvalue weighted by Gasteiger charge is -2.62. The Morgan fingerprint density at radius 1 is 0.913 bits per heavy atom. The topological polar surface area (TPSA) is 103 Å². The van der Waals surface area contributed by atoms with Gasteiger partial charge in [-0.25, -0.2) is 0 Å². The third-order valence-corrected chi connectivity index (χ3v) is 13.5. The van der Waals surface area contributed by atoms with Gasteiger partial charge in [0.25, 0.3) is 0 Å². The van der Waals surface area contributed by atoms with Crippen LogP contribution in [0.1, 0.15) is 119 Å². The first-order valence-electron chi connectivity index (χ1n) is 19.3. The summed E-state index contributed by atoms with van der Waals surface area (Å²) in [7, 11) is 0. The Bertz CT molecular complexity index is 989. The Balaban J connectivity index is 1.29. The Morgan fingerprint density at radius 3 is 2.22 bits per heavy atom. The summed E-state index contributed by atoms with van der Waals surface area (Å²) in [6.45, 7) is 19.4. The summed E-state index contributed by atoms with van der Waals surface area (Å²) in [5.74, 6) is 6.14. The Morgan fingerprint density at radius 2 is 1.57 bits per heavy atom. The Labute approximate surface area is 282 Å². The highest BCUT2D eigenvalue weighted by atomic mass is 16.3. The van der Waals surface area contributed by atoms with Gasteiger partial charge >= 0.3 is 0 Å². The Kier molecular flexibility index (Phi) is 13.9. The van der Waals surface area contributed by atoms with Crippen LogP contribution in [0.4, 0.5) is 0 Å². The number of nitrogens with two attached hydrogens (primary N) is 1. The van der Waals surface area contributed by atoms with E-state index in [0.717, 1.165) is 71.4 Å². The van der Waals surface area contributed by atoms with Crippen LogP contribution in [0.5, 0.6) is 0 Å². The molecule has 0 aromatic heterocycles. The molecule has 0 bridgehead atoms. The maximum atomic E-state index is 13.2. The molecule has 10 atom stereocenters. The van der Waals surface area contributed by atoms with Crippen LogP contribution in [0.15, 0.2) is 0 Å². The summed E-state index contributed by atoms with van der Waals surface area (Å²) >= 11 is 0. The number of aliphatic hydroxyl groups is 1. The molecule has 7 nitrogen and oxygen atoms in total. The molecule has 4 fully saturated rings. The van der Waals surface area contributed by atoms with Crippen molar-refractivity contribution in [1.29, 1.82) is 0 Å². The van der Waals surface area contributed by atoms with Gasteiger partial charge in [0.1, 0.15) is 0 Å². The number of nitrogens with one attached hydrogen (secondary N) is 3. The van der Waals surface area contributed by atoms with Gasteiger partial charge in [-0.05, 0) is 165 Å². The van der Waals surface area contributed by atoms with Crippen LogP contribution in [-0.4, -0.2) is 79.4 Å². The maximum absolute atomic E-state index is 13.2. The van der Waals surface area contributed by atoms with Gasteiger partial charge in [0.05, 0.1) is 6.10 Å². The molecule has 1 amide bonds. The zero-order valence-electron chi connectivity index (χ0n) is 30.5. The first-order valence-corrected chi connectivity index (χ1v) is 19.3. The van der Waals surface area contributed by atoms with Gasteiger partial charge in [-0.3, -0.25) is 4.79 Å². The number of hydrogen-bond donors (Lipinski definition) is 5. The highest BCUT2D eigenvalue weighted by molar-refractivity contribution is 5.76. The van der Waals surface area contributed by atoms with Crippen molar-refractivity contribution in [3.8, 4) is 12.3 Å². The third-order valence-electron chi connectivity index (χ3n) is 13.5. The third kappa shape index (κ3) is 8.33. The fourth-order valence-electron chi connectivity index (χ4n) is 11.3. The van der Waals surface area contributed by atoms with E-state index >= 15 is 0 Å². The minimum absolute atomic E-state index is 0.135. The molecular formula is C39H71N5O2. The van der Waals surface area contributed by atoms with Gasteiger partial charge < -0.3 is 31.7 Å². The van der Waals surface area contributed by atoms with E-state index in [-0.39, 0.29) is 35.4 Å². The lowest BCUT2D eigenvalue weighted by molar-refractivity contribution is -0.166. The number of hydrogen-bond acceptors (Lipinski definition) is 6. The highest BCUT2D eigenvalue weighted by Crippen LogP contribution is 2.68. The summed E-state index contributed by atoms with van der Waals surface area (Å²) in [4.78, 5) is 15.2. The maximum Gasteiger partial charge on any atom is 0.223 e. The zero-order valence-corrected chi connectivity index (χ0v) is 30.5. The molecule has 0 radical (unpaired) electrons. The van der Waals surface area contributed by atoms with Crippen LogP contribution < -0.4 is 21.7 Å². The van der Waals surface area contributed by atoms with Crippen LogP contribution in [-0.2, 0) is 4.79 Å². The van der Waals surface area contributed by atoms with Crippen molar-refractivity contribution < 1.29 is 9.90 Å². The van der Waals surface area contributed by atoms with Crippen molar-refractivity contribution >= 4 is 5.91 Å². The van der Waals surface area contributed by atoms with Gasteiger partial charge in [-0.2, -0.15) is 0 Å². The van der Waals surface area contributed by atoms with Gasteiger partial charge in [-0.1, -0.05) is 13.8 Å². The predicted molar refractivity (Wildman–Crippen MR) is 191 cm³/mol. The fourth-order valence-corrected chi connectivity index (χ4v) is 11.3.